The van der Waals surface area contributed by atoms with Gasteiger partial charge in [0.1, 0.15) is 0 Å². The number of likely N-dealkylation sites (N-methyl/N-ethyl adjacent to an activating group) is 2. The fourth-order valence-electron chi connectivity index (χ4n) is 3.01. The molecule has 2 aliphatic rings. The lowest BCUT2D eigenvalue weighted by atomic mass is 10.0. The van der Waals surface area contributed by atoms with Crippen LogP contribution in [0.4, 0.5) is 0 Å². The van der Waals surface area contributed by atoms with Gasteiger partial charge in [-0.2, -0.15) is 0 Å². The zero-order valence-corrected chi connectivity index (χ0v) is 13.2. The van der Waals surface area contributed by atoms with Gasteiger partial charge in [-0.25, -0.2) is 8.42 Å². The van der Waals surface area contributed by atoms with Gasteiger partial charge in [-0.15, -0.1) is 0 Å². The van der Waals surface area contributed by atoms with Gasteiger partial charge in [0, 0.05) is 38.6 Å². The first-order valence-corrected chi connectivity index (χ1v) is 9.07. The van der Waals surface area contributed by atoms with Gasteiger partial charge in [-0.3, -0.25) is 4.79 Å². The summed E-state index contributed by atoms with van der Waals surface area (Å²) in [4.78, 5) is 16.3. The summed E-state index contributed by atoms with van der Waals surface area (Å²) in [6.07, 6.45) is 2.41. The molecule has 0 radical (unpaired) electrons. The van der Waals surface area contributed by atoms with Crippen LogP contribution in [0.15, 0.2) is 0 Å². The largest absolute Gasteiger partial charge is 0.341 e. The van der Waals surface area contributed by atoms with Crippen LogP contribution < -0.4 is 5.32 Å². The van der Waals surface area contributed by atoms with Crippen molar-refractivity contribution in [2.45, 2.75) is 31.3 Å². The lowest BCUT2D eigenvalue weighted by molar-refractivity contribution is -0.133. The molecule has 0 aromatic rings. The van der Waals surface area contributed by atoms with Crippen molar-refractivity contribution < 1.29 is 13.2 Å². The molecule has 20 heavy (non-hydrogen) atoms. The SMILES string of the molecule is CN1CCCC(N(C)C(=O)CC2CS(=O)(=O)CCN2)C1. The minimum Gasteiger partial charge on any atom is -0.341 e. The minimum atomic E-state index is -2.98. The first kappa shape index (κ1) is 15.7. The van der Waals surface area contributed by atoms with Crippen LogP contribution in [-0.2, 0) is 14.6 Å². The molecule has 2 atom stereocenters. The Morgan fingerprint density at radius 1 is 1.45 bits per heavy atom. The molecule has 1 N–H and O–H groups in total. The van der Waals surface area contributed by atoms with E-state index in [2.05, 4.69) is 17.3 Å². The van der Waals surface area contributed by atoms with E-state index in [0.29, 0.717) is 6.54 Å². The molecular formula is C13H25N3O3S. The van der Waals surface area contributed by atoms with Gasteiger partial charge >= 0.3 is 0 Å². The molecule has 0 aliphatic carbocycles. The molecule has 1 amide bonds. The van der Waals surface area contributed by atoms with Crippen molar-refractivity contribution in [2.75, 3.05) is 45.2 Å². The molecule has 6 nitrogen and oxygen atoms in total. The van der Waals surface area contributed by atoms with Crippen molar-refractivity contribution >= 4 is 15.7 Å². The zero-order valence-electron chi connectivity index (χ0n) is 12.3. The van der Waals surface area contributed by atoms with E-state index < -0.39 is 9.84 Å². The number of amides is 1. The summed E-state index contributed by atoms with van der Waals surface area (Å²) in [6.45, 7) is 2.44. The van der Waals surface area contributed by atoms with Crippen LogP contribution >= 0.6 is 0 Å². The zero-order chi connectivity index (χ0) is 14.8. The van der Waals surface area contributed by atoms with Crippen LogP contribution in [0.2, 0.25) is 0 Å². The molecule has 2 rings (SSSR count). The number of nitrogens with zero attached hydrogens (tertiary/aromatic N) is 2. The lowest BCUT2D eigenvalue weighted by Crippen LogP contribution is -2.51. The number of nitrogens with one attached hydrogen (secondary N) is 1. The maximum absolute atomic E-state index is 12.3. The van der Waals surface area contributed by atoms with E-state index in [-0.39, 0.29) is 35.9 Å². The van der Waals surface area contributed by atoms with Gasteiger partial charge in [0.25, 0.3) is 0 Å². The Balaban J connectivity index is 1.87. The van der Waals surface area contributed by atoms with E-state index in [1.54, 1.807) is 4.90 Å². The Bertz CT molecular complexity index is 452. The molecule has 116 valence electrons. The second kappa shape index (κ2) is 6.41. The second-order valence-electron chi connectivity index (χ2n) is 6.03. The maximum Gasteiger partial charge on any atom is 0.224 e. The summed E-state index contributed by atoms with van der Waals surface area (Å²) in [5, 5.41) is 3.14. The quantitative estimate of drug-likeness (QED) is 0.748. The first-order chi connectivity index (χ1) is 9.37. The number of sulfone groups is 1. The third-order valence-corrected chi connectivity index (χ3v) is 6.00. The highest BCUT2D eigenvalue weighted by atomic mass is 32.2. The Morgan fingerprint density at radius 2 is 2.20 bits per heavy atom. The highest BCUT2D eigenvalue weighted by Crippen LogP contribution is 2.15. The van der Waals surface area contributed by atoms with E-state index in [1.165, 1.54) is 0 Å². The number of carbonyl (C=O) groups is 1. The van der Waals surface area contributed by atoms with Gasteiger partial charge in [0.05, 0.1) is 11.5 Å². The molecule has 2 aliphatic heterocycles. The van der Waals surface area contributed by atoms with E-state index in [4.69, 9.17) is 0 Å². The molecule has 0 aromatic heterocycles. The topological polar surface area (TPSA) is 69.7 Å². The summed E-state index contributed by atoms with van der Waals surface area (Å²) >= 11 is 0. The van der Waals surface area contributed by atoms with Crippen LogP contribution in [0.1, 0.15) is 19.3 Å². The van der Waals surface area contributed by atoms with Gasteiger partial charge in [-0.05, 0) is 26.4 Å². The molecule has 7 heteroatoms. The molecule has 0 bridgehead atoms. The van der Waals surface area contributed by atoms with Gasteiger partial charge in [-0.1, -0.05) is 0 Å². The third kappa shape index (κ3) is 4.17. The standard InChI is InChI=1S/C13H25N3O3S/c1-15-6-3-4-12(9-15)16(2)13(17)8-11-10-20(18,19)7-5-14-11/h11-12,14H,3-10H2,1-2H3. The average Bonchev–Trinajstić information content (AvgIpc) is 2.36. The molecule has 0 saturated carbocycles. The van der Waals surface area contributed by atoms with E-state index >= 15 is 0 Å². The summed E-state index contributed by atoms with van der Waals surface area (Å²) in [6, 6.07) is 0.0199. The van der Waals surface area contributed by atoms with Crippen molar-refractivity contribution in [1.82, 2.24) is 15.1 Å². The molecule has 0 aromatic carbocycles. The minimum absolute atomic E-state index is 0.0416. The molecule has 2 unspecified atom stereocenters. The van der Waals surface area contributed by atoms with Crippen LogP contribution in [0.3, 0.4) is 0 Å². The number of hydrogen-bond acceptors (Lipinski definition) is 5. The van der Waals surface area contributed by atoms with Crippen molar-refractivity contribution in [3.05, 3.63) is 0 Å². The Hall–Kier alpha value is -0.660. The predicted molar refractivity (Wildman–Crippen MR) is 78.4 cm³/mol. The molecule has 2 heterocycles. The van der Waals surface area contributed by atoms with Crippen LogP contribution in [0.25, 0.3) is 0 Å². The highest BCUT2D eigenvalue weighted by molar-refractivity contribution is 7.91. The fraction of sp³-hybridized carbons (Fsp3) is 0.923. The number of hydrogen-bond donors (Lipinski definition) is 1. The van der Waals surface area contributed by atoms with Gasteiger partial charge in [0.2, 0.25) is 5.91 Å². The number of piperidine rings is 1. The van der Waals surface area contributed by atoms with Crippen LogP contribution in [0.5, 0.6) is 0 Å². The molecule has 0 spiro atoms. The van der Waals surface area contributed by atoms with Gasteiger partial charge in [0.15, 0.2) is 9.84 Å². The third-order valence-electron chi connectivity index (χ3n) is 4.26. The summed E-state index contributed by atoms with van der Waals surface area (Å²) in [5.41, 5.74) is 0. The van der Waals surface area contributed by atoms with E-state index in [1.807, 2.05) is 7.05 Å². The fourth-order valence-corrected chi connectivity index (χ4v) is 4.46. The number of likely N-dealkylation sites (tertiary alicyclic amines) is 1. The molecule has 2 fully saturated rings. The normalized spacial score (nSPS) is 30.9. The lowest BCUT2D eigenvalue weighted by Gasteiger charge is -2.36. The van der Waals surface area contributed by atoms with Crippen molar-refractivity contribution in [1.29, 1.82) is 0 Å². The van der Waals surface area contributed by atoms with Crippen LogP contribution in [-0.4, -0.2) is 81.4 Å². The van der Waals surface area contributed by atoms with E-state index in [0.717, 1.165) is 25.9 Å². The van der Waals surface area contributed by atoms with Gasteiger partial charge < -0.3 is 15.1 Å². The Labute approximate surface area is 121 Å². The van der Waals surface area contributed by atoms with Crippen molar-refractivity contribution in [3.8, 4) is 0 Å². The predicted octanol–water partition coefficient (Wildman–Crippen LogP) is -0.684. The molecular weight excluding hydrogens is 278 g/mol. The van der Waals surface area contributed by atoms with E-state index in [9.17, 15) is 13.2 Å². The van der Waals surface area contributed by atoms with Crippen molar-refractivity contribution in [3.63, 3.8) is 0 Å². The first-order valence-electron chi connectivity index (χ1n) is 7.25. The maximum atomic E-state index is 12.3. The summed E-state index contributed by atoms with van der Waals surface area (Å²) in [7, 11) is 0.928. The second-order valence-corrected chi connectivity index (χ2v) is 8.26. The summed E-state index contributed by atoms with van der Waals surface area (Å²) < 4.78 is 23.2. The van der Waals surface area contributed by atoms with Crippen molar-refractivity contribution in [2.24, 2.45) is 0 Å². The Morgan fingerprint density at radius 3 is 2.85 bits per heavy atom. The van der Waals surface area contributed by atoms with Crippen LogP contribution in [0, 0.1) is 0 Å². The average molecular weight is 303 g/mol. The smallest absolute Gasteiger partial charge is 0.224 e. The molecule has 2 saturated heterocycles. The highest BCUT2D eigenvalue weighted by Gasteiger charge is 2.29. The Kier molecular flexibility index (Phi) is 5.04. The monoisotopic (exact) mass is 303 g/mol. The summed E-state index contributed by atoms with van der Waals surface area (Å²) in [5.74, 6) is 0.304. The number of carbonyl (C=O) groups excluding carboxylic acids is 1. The number of rotatable bonds is 3.